The van der Waals surface area contributed by atoms with E-state index in [4.69, 9.17) is 4.74 Å². The van der Waals surface area contributed by atoms with E-state index >= 15 is 4.39 Å². The predicted octanol–water partition coefficient (Wildman–Crippen LogP) is 5.24. The van der Waals surface area contributed by atoms with Crippen molar-refractivity contribution in [3.63, 3.8) is 0 Å². The van der Waals surface area contributed by atoms with Crippen LogP contribution in [0.5, 0.6) is 5.75 Å². The fraction of sp³-hybridized carbons (Fsp3) is 0.297. The number of hydrogen-bond acceptors (Lipinski definition) is 6. The van der Waals surface area contributed by atoms with Crippen LogP contribution in [0.15, 0.2) is 85.2 Å². The van der Waals surface area contributed by atoms with Gasteiger partial charge in [0.25, 0.3) is 5.91 Å². The zero-order valence-corrected chi connectivity index (χ0v) is 26.9. The number of piperazine rings is 1. The van der Waals surface area contributed by atoms with Crippen molar-refractivity contribution in [2.75, 3.05) is 46.4 Å². The number of carbonyl (C=O) groups is 2. The van der Waals surface area contributed by atoms with Crippen molar-refractivity contribution in [3.8, 4) is 16.9 Å². The van der Waals surface area contributed by atoms with Crippen LogP contribution in [-0.2, 0) is 17.9 Å². The van der Waals surface area contributed by atoms with E-state index in [-0.39, 0.29) is 30.3 Å². The summed E-state index contributed by atoms with van der Waals surface area (Å²) in [6.45, 7) is 4.79. The van der Waals surface area contributed by atoms with Gasteiger partial charge < -0.3 is 19.5 Å². The molecule has 4 heterocycles. The lowest BCUT2D eigenvalue weighted by atomic mass is 9.93. The first-order chi connectivity index (χ1) is 23.5. The second-order valence-corrected chi connectivity index (χ2v) is 12.3. The molecule has 2 aromatic heterocycles. The third kappa shape index (κ3) is 6.46. The van der Waals surface area contributed by atoms with Gasteiger partial charge >= 0.3 is 0 Å². The zero-order valence-electron chi connectivity index (χ0n) is 26.9. The number of halogens is 1. The monoisotopic (exact) mass is 647 g/mol. The Morgan fingerprint density at radius 1 is 0.917 bits per heavy atom. The van der Waals surface area contributed by atoms with Crippen LogP contribution in [-0.4, -0.2) is 92.9 Å². The Morgan fingerprint density at radius 2 is 1.71 bits per heavy atom. The average Bonchev–Trinajstić information content (AvgIpc) is 3.83. The van der Waals surface area contributed by atoms with Gasteiger partial charge in [-0.1, -0.05) is 59.8 Å². The van der Waals surface area contributed by atoms with Gasteiger partial charge in [0, 0.05) is 74.9 Å². The van der Waals surface area contributed by atoms with Crippen LogP contribution < -0.4 is 4.74 Å². The van der Waals surface area contributed by atoms with Gasteiger partial charge in [0.2, 0.25) is 5.91 Å². The summed E-state index contributed by atoms with van der Waals surface area (Å²) < 4.78 is 23.9. The van der Waals surface area contributed by atoms with Gasteiger partial charge in [-0.15, -0.1) is 5.10 Å². The van der Waals surface area contributed by atoms with E-state index in [9.17, 15) is 9.59 Å². The van der Waals surface area contributed by atoms with Gasteiger partial charge in [0.15, 0.2) is 5.82 Å². The molecule has 10 nitrogen and oxygen atoms in total. The summed E-state index contributed by atoms with van der Waals surface area (Å²) >= 11 is 0. The molecule has 1 saturated heterocycles. The third-order valence-corrected chi connectivity index (χ3v) is 9.26. The van der Waals surface area contributed by atoms with Crippen molar-refractivity contribution in [1.82, 2.24) is 34.7 Å². The summed E-state index contributed by atoms with van der Waals surface area (Å²) in [5, 5.41) is 8.34. The molecule has 0 atom stereocenters. The minimum atomic E-state index is -0.446. The molecule has 246 valence electrons. The lowest BCUT2D eigenvalue weighted by Gasteiger charge is -2.34. The fourth-order valence-electron chi connectivity index (χ4n) is 6.69. The van der Waals surface area contributed by atoms with Crippen LogP contribution in [0.2, 0.25) is 0 Å². The molecule has 0 radical (unpaired) electrons. The van der Waals surface area contributed by atoms with E-state index in [1.807, 2.05) is 59.5 Å². The molecule has 1 N–H and O–H groups in total. The molecule has 48 heavy (non-hydrogen) atoms. The molecule has 2 amide bonds. The number of amides is 2. The van der Waals surface area contributed by atoms with Crippen molar-refractivity contribution in [2.45, 2.75) is 25.9 Å². The Kier molecular flexibility index (Phi) is 9.02. The highest BCUT2D eigenvalue weighted by molar-refractivity contribution is 6.05. The molecule has 0 spiro atoms. The number of carbonyl (C=O) groups excluding carboxylic acids is 2. The number of para-hydroxylation sites is 1. The maximum Gasteiger partial charge on any atom is 0.270 e. The van der Waals surface area contributed by atoms with Gasteiger partial charge in [-0.05, 0) is 41.3 Å². The van der Waals surface area contributed by atoms with Gasteiger partial charge in [-0.2, -0.15) is 0 Å². The Morgan fingerprint density at radius 3 is 2.48 bits per heavy atom. The van der Waals surface area contributed by atoms with Crippen LogP contribution in [0, 0.1) is 5.82 Å². The lowest BCUT2D eigenvalue weighted by Crippen LogP contribution is -2.48. The van der Waals surface area contributed by atoms with Crippen molar-refractivity contribution in [2.24, 2.45) is 0 Å². The Bertz CT molecular complexity index is 1950. The number of methoxy groups -OCH3 is 1. The van der Waals surface area contributed by atoms with Crippen molar-refractivity contribution >= 4 is 28.3 Å². The second-order valence-electron chi connectivity index (χ2n) is 12.3. The SMILES string of the molecule is COc1ccccc1-c1cc(C2=CCCN(C(=O)CCn3ccnn3)C2)c(F)c2[nH]c(C(=O)N3CCN(Cc4ccccc4)CC3)cc12. The summed E-state index contributed by atoms with van der Waals surface area (Å²) in [6, 6.07) is 21.5. The number of hydrogen-bond donors (Lipinski definition) is 1. The molecule has 3 aromatic carbocycles. The number of aryl methyl sites for hydroxylation is 1. The predicted molar refractivity (Wildman–Crippen MR) is 182 cm³/mol. The highest BCUT2D eigenvalue weighted by Crippen LogP contribution is 2.40. The second kappa shape index (κ2) is 13.8. The summed E-state index contributed by atoms with van der Waals surface area (Å²) in [4.78, 5) is 36.1. The standard InChI is InChI=1S/C37H38FN7O3/c1-48-33-12-6-5-11-28(33)30-22-29(27-10-7-15-44(25-27)34(46)13-16-45-17-14-39-41-45)35(38)36-31(30)23-32(40-36)37(47)43-20-18-42(19-21-43)24-26-8-3-2-4-9-26/h2-6,8-12,14,17,22-23,40H,7,13,15-16,18-21,24-25H2,1H3. The first-order valence-corrected chi connectivity index (χ1v) is 16.3. The molecule has 7 rings (SSSR count). The van der Waals surface area contributed by atoms with E-state index in [0.717, 1.165) is 36.3 Å². The number of ether oxygens (including phenoxy) is 1. The normalized spacial score (nSPS) is 15.5. The number of aromatic amines is 1. The minimum absolute atomic E-state index is 0.0286. The molecular weight excluding hydrogens is 609 g/mol. The molecule has 5 aromatic rings. The number of benzene rings is 3. The summed E-state index contributed by atoms with van der Waals surface area (Å²) in [5.41, 5.74) is 4.51. The van der Waals surface area contributed by atoms with Crippen LogP contribution in [0.25, 0.3) is 27.6 Å². The number of rotatable bonds is 9. The van der Waals surface area contributed by atoms with E-state index in [1.54, 1.807) is 35.2 Å². The Hall–Kier alpha value is -5.29. The Labute approximate surface area is 278 Å². The number of nitrogens with zero attached hydrogens (tertiary/aromatic N) is 6. The molecule has 0 bridgehead atoms. The number of aromatic nitrogens is 4. The van der Waals surface area contributed by atoms with Gasteiger partial charge in [-0.3, -0.25) is 19.2 Å². The first kappa shape index (κ1) is 31.3. The van der Waals surface area contributed by atoms with Crippen LogP contribution >= 0.6 is 0 Å². The molecule has 2 aliphatic heterocycles. The highest BCUT2D eigenvalue weighted by Gasteiger charge is 2.28. The summed E-state index contributed by atoms with van der Waals surface area (Å²) in [7, 11) is 1.61. The van der Waals surface area contributed by atoms with Gasteiger partial charge in [0.05, 0.1) is 25.4 Å². The van der Waals surface area contributed by atoms with Crippen molar-refractivity contribution in [3.05, 3.63) is 108 Å². The molecule has 0 unspecified atom stereocenters. The van der Waals surface area contributed by atoms with Crippen LogP contribution in [0.3, 0.4) is 0 Å². The van der Waals surface area contributed by atoms with E-state index in [1.165, 1.54) is 5.56 Å². The smallest absolute Gasteiger partial charge is 0.270 e. The fourth-order valence-corrected chi connectivity index (χ4v) is 6.69. The lowest BCUT2D eigenvalue weighted by molar-refractivity contribution is -0.131. The van der Waals surface area contributed by atoms with E-state index in [2.05, 4.69) is 32.3 Å². The van der Waals surface area contributed by atoms with E-state index < -0.39 is 5.82 Å². The first-order valence-electron chi connectivity index (χ1n) is 16.3. The van der Waals surface area contributed by atoms with Crippen molar-refractivity contribution < 1.29 is 18.7 Å². The molecular formula is C37H38FN7O3. The average molecular weight is 648 g/mol. The maximum atomic E-state index is 16.6. The minimum Gasteiger partial charge on any atom is -0.496 e. The molecule has 0 saturated carbocycles. The van der Waals surface area contributed by atoms with Gasteiger partial charge in [-0.25, -0.2) is 4.39 Å². The Balaban J connectivity index is 1.17. The molecule has 2 aliphatic rings. The topological polar surface area (TPSA) is 99.6 Å². The molecule has 1 fully saturated rings. The quantitative estimate of drug-likeness (QED) is 0.235. The van der Waals surface area contributed by atoms with Crippen molar-refractivity contribution in [1.29, 1.82) is 0 Å². The van der Waals surface area contributed by atoms with Crippen LogP contribution in [0.1, 0.15) is 34.5 Å². The highest BCUT2D eigenvalue weighted by atomic mass is 19.1. The zero-order chi connectivity index (χ0) is 33.0. The molecule has 0 aliphatic carbocycles. The van der Waals surface area contributed by atoms with Gasteiger partial charge in [0.1, 0.15) is 11.4 Å². The molecule has 11 heteroatoms. The summed E-state index contributed by atoms with van der Waals surface area (Å²) in [5.74, 6) is 0.0127. The number of H-pyrrole nitrogens is 1. The van der Waals surface area contributed by atoms with Crippen LogP contribution in [0.4, 0.5) is 4.39 Å². The maximum absolute atomic E-state index is 16.6. The van der Waals surface area contributed by atoms with E-state index in [0.29, 0.717) is 55.0 Å². The summed E-state index contributed by atoms with van der Waals surface area (Å²) in [6.07, 6.45) is 6.18. The number of nitrogens with one attached hydrogen (secondary N) is 1. The third-order valence-electron chi connectivity index (χ3n) is 9.26. The largest absolute Gasteiger partial charge is 0.496 e. The number of fused-ring (bicyclic) bond motifs is 1.